The van der Waals surface area contributed by atoms with Crippen molar-refractivity contribution in [2.75, 3.05) is 33.0 Å². The summed E-state index contributed by atoms with van der Waals surface area (Å²) in [5.41, 5.74) is 4.48. The predicted molar refractivity (Wildman–Crippen MR) is 162 cm³/mol. The number of phenolic OH excluding ortho intramolecular Hbond substituents is 1. The number of hydrogen-bond acceptors (Lipinski definition) is 8. The molecule has 3 unspecified atom stereocenters. The van der Waals surface area contributed by atoms with E-state index in [1.165, 1.54) is 37.8 Å². The van der Waals surface area contributed by atoms with Gasteiger partial charge in [0.15, 0.2) is 11.5 Å². The molecule has 8 rings (SSSR count). The Bertz CT molecular complexity index is 1580. The van der Waals surface area contributed by atoms with E-state index < -0.39 is 5.97 Å². The molecule has 9 heteroatoms. The van der Waals surface area contributed by atoms with Crippen LogP contribution in [0, 0.1) is 5.92 Å². The number of allylic oxidation sites excluding steroid dienone is 3. The van der Waals surface area contributed by atoms with Crippen molar-refractivity contribution in [3.05, 3.63) is 46.8 Å². The molecular formula is C34H39N3O6. The minimum Gasteiger partial charge on any atom is -0.507 e. The second kappa shape index (κ2) is 10.5. The Hall–Kier alpha value is -3.72. The minimum absolute atomic E-state index is 0.0253. The number of aromatic hydroxyl groups is 1. The van der Waals surface area contributed by atoms with Crippen LogP contribution in [0.25, 0.3) is 10.8 Å². The lowest BCUT2D eigenvalue weighted by atomic mass is 9.79. The zero-order valence-electron chi connectivity index (χ0n) is 24.7. The van der Waals surface area contributed by atoms with E-state index in [9.17, 15) is 15.0 Å². The van der Waals surface area contributed by atoms with Crippen LogP contribution in [-0.4, -0.2) is 76.8 Å². The second-order valence-corrected chi connectivity index (χ2v) is 12.9. The number of nitrogens with zero attached hydrogens (tertiary/aromatic N) is 3. The summed E-state index contributed by atoms with van der Waals surface area (Å²) in [4.78, 5) is 21.9. The molecule has 3 aliphatic carbocycles. The Morgan fingerprint density at radius 1 is 1.00 bits per heavy atom. The maximum absolute atomic E-state index is 11.9. The largest absolute Gasteiger partial charge is 0.507 e. The summed E-state index contributed by atoms with van der Waals surface area (Å²) in [6, 6.07) is 4.47. The highest BCUT2D eigenvalue weighted by atomic mass is 16.7. The SMILES string of the molecule is CC1Oc2c3c(c(O)c4cc5c(cc24)OCO5)C(=NC2=CCC(C(=O)O)CC2)C=C(N2CCN(C4CCCCC4)CC2)C31. The molecule has 1 saturated carbocycles. The normalized spacial score (nSPS) is 28.1. The van der Waals surface area contributed by atoms with Crippen molar-refractivity contribution in [2.24, 2.45) is 10.9 Å². The Morgan fingerprint density at radius 3 is 2.44 bits per heavy atom. The molecule has 0 amide bonds. The fourth-order valence-electron chi connectivity index (χ4n) is 8.18. The number of carboxylic acid groups (broad SMARTS) is 1. The van der Waals surface area contributed by atoms with Gasteiger partial charge in [-0.15, -0.1) is 0 Å². The zero-order chi connectivity index (χ0) is 29.2. The Morgan fingerprint density at radius 2 is 1.74 bits per heavy atom. The summed E-state index contributed by atoms with van der Waals surface area (Å²) >= 11 is 0. The van der Waals surface area contributed by atoms with E-state index in [1.807, 2.05) is 18.2 Å². The van der Waals surface area contributed by atoms with Gasteiger partial charge in [-0.2, -0.15) is 0 Å². The average molecular weight is 586 g/mol. The van der Waals surface area contributed by atoms with Crippen LogP contribution in [0.1, 0.15) is 75.3 Å². The van der Waals surface area contributed by atoms with E-state index in [-0.39, 0.29) is 30.5 Å². The first-order valence-electron chi connectivity index (χ1n) is 16.0. The number of ether oxygens (including phenoxy) is 3. The lowest BCUT2D eigenvalue weighted by Gasteiger charge is -2.44. The number of phenols is 1. The number of carboxylic acids is 1. The number of aliphatic carboxylic acids is 1. The van der Waals surface area contributed by atoms with E-state index in [0.717, 1.165) is 48.6 Å². The third-order valence-electron chi connectivity index (χ3n) is 10.5. The van der Waals surface area contributed by atoms with Crippen molar-refractivity contribution in [1.82, 2.24) is 9.80 Å². The molecule has 3 heterocycles. The molecule has 9 nitrogen and oxygen atoms in total. The number of piperazine rings is 1. The second-order valence-electron chi connectivity index (χ2n) is 12.9. The highest BCUT2D eigenvalue weighted by molar-refractivity contribution is 6.18. The standard InChI is InChI=1S/C34H39N3O6/c1-19-29-26(37-13-11-36(12-14-37)22-5-3-2-4-6-22)17-25(35-21-9-7-20(8-10-21)34(39)40)30-31(29)33(43-19)24-16-28-27(41-18-42-28)15-23(24)32(30)38/h9,15-17,19-20,22,29,38H,2-8,10-14,18H2,1H3,(H,39,40). The van der Waals surface area contributed by atoms with Crippen molar-refractivity contribution in [3.63, 3.8) is 0 Å². The molecule has 2 aromatic carbocycles. The lowest BCUT2D eigenvalue weighted by Crippen LogP contribution is -2.51. The summed E-state index contributed by atoms with van der Waals surface area (Å²) in [5, 5.41) is 22.9. The van der Waals surface area contributed by atoms with Crippen LogP contribution in [0.2, 0.25) is 0 Å². The van der Waals surface area contributed by atoms with Crippen LogP contribution in [0.15, 0.2) is 40.7 Å². The Balaban J connectivity index is 1.22. The molecule has 2 N–H and O–H groups in total. The average Bonchev–Trinajstić information content (AvgIpc) is 3.64. The van der Waals surface area contributed by atoms with Crippen LogP contribution in [-0.2, 0) is 4.79 Å². The molecule has 0 bridgehead atoms. The Kier molecular flexibility index (Phi) is 6.54. The maximum atomic E-state index is 11.9. The van der Waals surface area contributed by atoms with E-state index in [4.69, 9.17) is 19.2 Å². The predicted octanol–water partition coefficient (Wildman–Crippen LogP) is 5.54. The number of hydrogen-bond donors (Lipinski definition) is 2. The fourth-order valence-corrected chi connectivity index (χ4v) is 8.18. The van der Waals surface area contributed by atoms with Gasteiger partial charge in [-0.25, -0.2) is 0 Å². The van der Waals surface area contributed by atoms with E-state index in [2.05, 4.69) is 22.8 Å². The van der Waals surface area contributed by atoms with Crippen LogP contribution in [0.5, 0.6) is 23.0 Å². The quantitative estimate of drug-likeness (QED) is 0.482. The minimum atomic E-state index is -0.757. The number of benzene rings is 2. The van der Waals surface area contributed by atoms with Gasteiger partial charge < -0.3 is 29.3 Å². The third-order valence-corrected chi connectivity index (χ3v) is 10.5. The molecule has 3 aliphatic heterocycles. The summed E-state index contributed by atoms with van der Waals surface area (Å²) in [7, 11) is 0. The number of carbonyl (C=O) groups is 1. The smallest absolute Gasteiger partial charge is 0.306 e. The van der Waals surface area contributed by atoms with Gasteiger partial charge in [-0.1, -0.05) is 25.3 Å². The van der Waals surface area contributed by atoms with Crippen LogP contribution in [0.3, 0.4) is 0 Å². The molecule has 3 atom stereocenters. The summed E-state index contributed by atoms with van der Waals surface area (Å²) in [6.07, 6.45) is 12.3. The molecule has 2 aromatic rings. The van der Waals surface area contributed by atoms with Crippen molar-refractivity contribution >= 4 is 22.5 Å². The maximum Gasteiger partial charge on any atom is 0.306 e. The van der Waals surface area contributed by atoms with Gasteiger partial charge in [0.1, 0.15) is 17.6 Å². The van der Waals surface area contributed by atoms with Crippen molar-refractivity contribution in [3.8, 4) is 23.0 Å². The van der Waals surface area contributed by atoms with Gasteiger partial charge in [0.05, 0.1) is 23.1 Å². The van der Waals surface area contributed by atoms with Crippen molar-refractivity contribution in [1.29, 1.82) is 0 Å². The number of aliphatic imine (C=N–C) groups is 1. The molecule has 43 heavy (non-hydrogen) atoms. The molecule has 1 saturated heterocycles. The van der Waals surface area contributed by atoms with Crippen molar-refractivity contribution in [2.45, 2.75) is 76.4 Å². The number of rotatable bonds is 4. The van der Waals surface area contributed by atoms with Gasteiger partial charge in [-0.3, -0.25) is 14.7 Å². The number of fused-ring (bicyclic) bond motifs is 3. The van der Waals surface area contributed by atoms with Gasteiger partial charge in [0, 0.05) is 60.0 Å². The van der Waals surface area contributed by atoms with Gasteiger partial charge >= 0.3 is 5.97 Å². The van der Waals surface area contributed by atoms with Crippen molar-refractivity contribution < 1.29 is 29.2 Å². The van der Waals surface area contributed by atoms with E-state index >= 15 is 0 Å². The van der Waals surface area contributed by atoms with Crippen LogP contribution >= 0.6 is 0 Å². The van der Waals surface area contributed by atoms with E-state index in [1.54, 1.807) is 0 Å². The Labute approximate surface area is 251 Å². The summed E-state index contributed by atoms with van der Waals surface area (Å²) < 4.78 is 18.0. The third kappa shape index (κ3) is 4.46. The molecule has 6 aliphatic rings. The first-order chi connectivity index (χ1) is 21.0. The summed E-state index contributed by atoms with van der Waals surface area (Å²) in [5.74, 6) is 1.06. The van der Waals surface area contributed by atoms with Crippen LogP contribution in [0.4, 0.5) is 0 Å². The molecule has 2 fully saturated rings. The van der Waals surface area contributed by atoms with Gasteiger partial charge in [0.25, 0.3) is 0 Å². The fraction of sp³-hybridized carbons (Fsp3) is 0.529. The summed E-state index contributed by atoms with van der Waals surface area (Å²) in [6.45, 7) is 6.26. The molecule has 226 valence electrons. The lowest BCUT2D eigenvalue weighted by molar-refractivity contribution is -0.141. The topological polar surface area (TPSA) is 104 Å². The first-order valence-corrected chi connectivity index (χ1v) is 16.0. The zero-order valence-corrected chi connectivity index (χ0v) is 24.7. The molecular weight excluding hydrogens is 546 g/mol. The van der Waals surface area contributed by atoms with Gasteiger partial charge in [-0.05, 0) is 57.2 Å². The molecule has 0 spiro atoms. The van der Waals surface area contributed by atoms with Crippen LogP contribution < -0.4 is 14.2 Å². The highest BCUT2D eigenvalue weighted by Gasteiger charge is 2.45. The van der Waals surface area contributed by atoms with E-state index in [0.29, 0.717) is 53.5 Å². The molecule has 0 radical (unpaired) electrons. The highest BCUT2D eigenvalue weighted by Crippen LogP contribution is 2.56. The first kappa shape index (κ1) is 26.9. The van der Waals surface area contributed by atoms with Gasteiger partial charge in [0.2, 0.25) is 6.79 Å². The monoisotopic (exact) mass is 585 g/mol. The molecule has 0 aromatic heterocycles.